The lowest BCUT2D eigenvalue weighted by Gasteiger charge is -2.09. The molecule has 0 spiro atoms. The third-order valence-electron chi connectivity index (χ3n) is 2.50. The summed E-state index contributed by atoms with van der Waals surface area (Å²) < 4.78 is 32.0. The summed E-state index contributed by atoms with van der Waals surface area (Å²) in [7, 11) is 0. The van der Waals surface area contributed by atoms with Crippen LogP contribution in [0.1, 0.15) is 13.3 Å². The maximum absolute atomic E-state index is 13.6. The lowest BCUT2D eigenvalue weighted by atomic mass is 10.3. The van der Waals surface area contributed by atoms with E-state index in [-0.39, 0.29) is 0 Å². The first-order valence-electron chi connectivity index (χ1n) is 6.24. The van der Waals surface area contributed by atoms with E-state index in [2.05, 4.69) is 0 Å². The second-order valence-electron chi connectivity index (χ2n) is 4.26. The maximum Gasteiger partial charge on any atom is 0.140 e. The summed E-state index contributed by atoms with van der Waals surface area (Å²) in [5.41, 5.74) is 6.34. The van der Waals surface area contributed by atoms with Gasteiger partial charge in [-0.25, -0.2) is 8.78 Å². The van der Waals surface area contributed by atoms with Gasteiger partial charge in [-0.05, 0) is 30.7 Å². The Kier molecular flexibility index (Phi) is 4.84. The summed E-state index contributed by atoms with van der Waals surface area (Å²) >= 11 is 1.18. The van der Waals surface area contributed by atoms with Crippen LogP contribution in [0.25, 0.3) is 0 Å². The van der Waals surface area contributed by atoms with E-state index in [1.165, 1.54) is 23.9 Å². The van der Waals surface area contributed by atoms with Gasteiger partial charge in [0, 0.05) is 27.6 Å². The van der Waals surface area contributed by atoms with Crippen LogP contribution in [0.4, 0.5) is 14.5 Å². The van der Waals surface area contributed by atoms with Crippen molar-refractivity contribution in [3.8, 4) is 5.75 Å². The Hall–Kier alpha value is -1.75. The van der Waals surface area contributed by atoms with Crippen molar-refractivity contribution in [2.45, 2.75) is 23.1 Å². The SMILES string of the molecule is CCCOc1cc(N)cc(Sc2ccc(F)cc2F)c1. The molecule has 0 amide bonds. The molecule has 2 rings (SSSR count). The summed E-state index contributed by atoms with van der Waals surface area (Å²) in [5, 5.41) is 0. The smallest absolute Gasteiger partial charge is 0.140 e. The first kappa shape index (κ1) is 14.7. The molecule has 2 N–H and O–H groups in total. The predicted octanol–water partition coefficient (Wildman–Crippen LogP) is 4.49. The first-order valence-corrected chi connectivity index (χ1v) is 7.06. The number of halogens is 2. The average molecular weight is 295 g/mol. The number of anilines is 1. The molecule has 0 unspecified atom stereocenters. The van der Waals surface area contributed by atoms with Gasteiger partial charge in [-0.15, -0.1) is 0 Å². The molecule has 2 aromatic rings. The third-order valence-corrected chi connectivity index (χ3v) is 3.52. The molecule has 0 aliphatic rings. The van der Waals surface area contributed by atoms with E-state index in [9.17, 15) is 8.78 Å². The summed E-state index contributed by atoms with van der Waals surface area (Å²) in [4.78, 5) is 1.10. The zero-order valence-electron chi connectivity index (χ0n) is 11.0. The van der Waals surface area contributed by atoms with Gasteiger partial charge >= 0.3 is 0 Å². The monoisotopic (exact) mass is 295 g/mol. The summed E-state index contributed by atoms with van der Waals surface area (Å²) in [5.74, 6) is -0.531. The van der Waals surface area contributed by atoms with Crippen molar-refractivity contribution < 1.29 is 13.5 Å². The zero-order valence-corrected chi connectivity index (χ0v) is 11.8. The Morgan fingerprint density at radius 1 is 1.15 bits per heavy atom. The molecular weight excluding hydrogens is 280 g/mol. The average Bonchev–Trinajstić information content (AvgIpc) is 2.39. The molecule has 0 fully saturated rings. The van der Waals surface area contributed by atoms with Crippen LogP contribution >= 0.6 is 11.8 Å². The normalized spacial score (nSPS) is 10.6. The van der Waals surface area contributed by atoms with Crippen molar-refractivity contribution in [2.24, 2.45) is 0 Å². The van der Waals surface area contributed by atoms with Crippen LogP contribution in [-0.2, 0) is 0 Å². The molecule has 0 radical (unpaired) electrons. The minimum atomic E-state index is -0.591. The minimum Gasteiger partial charge on any atom is -0.493 e. The number of hydrogen-bond acceptors (Lipinski definition) is 3. The van der Waals surface area contributed by atoms with Crippen molar-refractivity contribution in [1.29, 1.82) is 0 Å². The molecule has 0 bridgehead atoms. The second-order valence-corrected chi connectivity index (χ2v) is 5.38. The molecule has 2 nitrogen and oxygen atoms in total. The Morgan fingerprint density at radius 2 is 1.95 bits per heavy atom. The summed E-state index contributed by atoms with van der Waals surface area (Å²) in [6.07, 6.45) is 0.893. The van der Waals surface area contributed by atoms with Gasteiger partial charge in [0.05, 0.1) is 6.61 Å². The van der Waals surface area contributed by atoms with E-state index >= 15 is 0 Å². The van der Waals surface area contributed by atoms with E-state index < -0.39 is 11.6 Å². The van der Waals surface area contributed by atoms with Gasteiger partial charge in [-0.3, -0.25) is 0 Å². The van der Waals surface area contributed by atoms with Crippen LogP contribution in [0.3, 0.4) is 0 Å². The van der Waals surface area contributed by atoms with Crippen LogP contribution in [0, 0.1) is 11.6 Å². The van der Waals surface area contributed by atoms with Crippen LogP contribution < -0.4 is 10.5 Å². The highest BCUT2D eigenvalue weighted by molar-refractivity contribution is 7.99. The van der Waals surface area contributed by atoms with Gasteiger partial charge in [0.2, 0.25) is 0 Å². The highest BCUT2D eigenvalue weighted by atomic mass is 32.2. The molecule has 20 heavy (non-hydrogen) atoms. The maximum atomic E-state index is 13.6. The van der Waals surface area contributed by atoms with Crippen molar-refractivity contribution in [3.05, 3.63) is 48.0 Å². The molecule has 0 aromatic heterocycles. The predicted molar refractivity (Wildman–Crippen MR) is 77.1 cm³/mol. The molecule has 106 valence electrons. The van der Waals surface area contributed by atoms with Gasteiger partial charge in [0.1, 0.15) is 17.4 Å². The molecule has 5 heteroatoms. The van der Waals surface area contributed by atoms with Crippen molar-refractivity contribution in [2.75, 3.05) is 12.3 Å². The summed E-state index contributed by atoms with van der Waals surface area (Å²) in [6.45, 7) is 2.61. The van der Waals surface area contributed by atoms with E-state index in [4.69, 9.17) is 10.5 Å². The Morgan fingerprint density at radius 3 is 2.65 bits per heavy atom. The van der Waals surface area contributed by atoms with E-state index in [0.717, 1.165) is 17.4 Å². The highest BCUT2D eigenvalue weighted by Crippen LogP contribution is 2.33. The number of hydrogen-bond donors (Lipinski definition) is 1. The topological polar surface area (TPSA) is 35.2 Å². The number of ether oxygens (including phenoxy) is 1. The van der Waals surface area contributed by atoms with Gasteiger partial charge in [0.25, 0.3) is 0 Å². The quantitative estimate of drug-likeness (QED) is 0.826. The second kappa shape index (κ2) is 6.61. The molecule has 0 saturated heterocycles. The van der Waals surface area contributed by atoms with Crippen molar-refractivity contribution in [1.82, 2.24) is 0 Å². The largest absolute Gasteiger partial charge is 0.493 e. The molecule has 0 heterocycles. The lowest BCUT2D eigenvalue weighted by molar-refractivity contribution is 0.317. The zero-order chi connectivity index (χ0) is 14.5. The van der Waals surface area contributed by atoms with E-state index in [1.54, 1.807) is 18.2 Å². The standard InChI is InChI=1S/C15H15F2NOS/c1-2-5-19-12-7-11(18)8-13(9-12)20-15-4-3-10(16)6-14(15)17/h3-4,6-9H,2,5,18H2,1H3. The van der Waals surface area contributed by atoms with Gasteiger partial charge in [-0.2, -0.15) is 0 Å². The molecule has 0 aliphatic carbocycles. The Bertz CT molecular complexity index is 604. The molecule has 0 aliphatic heterocycles. The lowest BCUT2D eigenvalue weighted by Crippen LogP contribution is -1.96. The van der Waals surface area contributed by atoms with Crippen LogP contribution in [-0.4, -0.2) is 6.61 Å². The van der Waals surface area contributed by atoms with Gasteiger partial charge in [0.15, 0.2) is 0 Å². The fourth-order valence-electron chi connectivity index (χ4n) is 1.64. The van der Waals surface area contributed by atoms with Crippen LogP contribution in [0.2, 0.25) is 0 Å². The first-order chi connectivity index (χ1) is 9.58. The van der Waals surface area contributed by atoms with Gasteiger partial charge < -0.3 is 10.5 Å². The van der Waals surface area contributed by atoms with Crippen molar-refractivity contribution in [3.63, 3.8) is 0 Å². The van der Waals surface area contributed by atoms with Crippen molar-refractivity contribution >= 4 is 17.4 Å². The fourth-order valence-corrected chi connectivity index (χ4v) is 2.56. The Labute approximate surface area is 120 Å². The molecule has 0 saturated carbocycles. The number of benzene rings is 2. The summed E-state index contributed by atoms with van der Waals surface area (Å²) in [6, 6.07) is 8.74. The molecule has 2 aromatic carbocycles. The number of nitrogen functional groups attached to an aromatic ring is 1. The number of rotatable bonds is 5. The van der Waals surface area contributed by atoms with Crippen LogP contribution in [0.5, 0.6) is 5.75 Å². The number of nitrogens with two attached hydrogens (primary N) is 1. The molecule has 0 atom stereocenters. The van der Waals surface area contributed by atoms with Gasteiger partial charge in [-0.1, -0.05) is 18.7 Å². The highest BCUT2D eigenvalue weighted by Gasteiger charge is 2.07. The fraction of sp³-hybridized carbons (Fsp3) is 0.200. The third kappa shape index (κ3) is 3.87. The van der Waals surface area contributed by atoms with Crippen LogP contribution in [0.15, 0.2) is 46.2 Å². The van der Waals surface area contributed by atoms with E-state index in [0.29, 0.717) is 22.9 Å². The minimum absolute atomic E-state index is 0.346. The molecular formula is C15H15F2NOS. The van der Waals surface area contributed by atoms with E-state index in [1.807, 2.05) is 6.92 Å². The Balaban J connectivity index is 2.21.